The van der Waals surface area contributed by atoms with Crippen LogP contribution in [0.1, 0.15) is 76.4 Å². The number of aromatic nitrogens is 3. The molecule has 2 aromatic heterocycles. The van der Waals surface area contributed by atoms with Crippen molar-refractivity contribution in [1.82, 2.24) is 25.4 Å². The number of unbranched alkanes of at least 4 members (excludes halogenated alkanes) is 3. The minimum absolute atomic E-state index is 0.189. The predicted molar refractivity (Wildman–Crippen MR) is 141 cm³/mol. The van der Waals surface area contributed by atoms with Crippen LogP contribution in [0.5, 0.6) is 0 Å². The zero-order valence-corrected chi connectivity index (χ0v) is 21.3. The average molecular weight is 515 g/mol. The number of aryl methyl sites for hydroxylation is 2. The molecule has 1 unspecified atom stereocenters. The van der Waals surface area contributed by atoms with E-state index in [0.29, 0.717) is 24.2 Å². The molecule has 10 nitrogen and oxygen atoms in total. The Balaban J connectivity index is 1.14. The summed E-state index contributed by atoms with van der Waals surface area (Å²) in [4.78, 5) is 53.6. The van der Waals surface area contributed by atoms with E-state index in [1.807, 2.05) is 42.2 Å². The Kier molecular flexibility index (Phi) is 7.30. The molecule has 4 amide bonds. The monoisotopic (exact) mass is 514 g/mol. The van der Waals surface area contributed by atoms with Crippen LogP contribution in [0.4, 0.5) is 5.69 Å². The Hall–Kier alpha value is -4.34. The summed E-state index contributed by atoms with van der Waals surface area (Å²) in [6.45, 7) is 3.45. The number of amides is 4. The first-order valence-corrected chi connectivity index (χ1v) is 13.0. The molecule has 38 heavy (non-hydrogen) atoms. The van der Waals surface area contributed by atoms with Crippen molar-refractivity contribution >= 4 is 29.3 Å². The minimum atomic E-state index is -0.671. The number of fused-ring (bicyclic) bond motifs is 1. The number of nitrogens with one attached hydrogen (secondary N) is 3. The highest BCUT2D eigenvalue weighted by Gasteiger charge is 2.38. The Morgan fingerprint density at radius 2 is 1.84 bits per heavy atom. The van der Waals surface area contributed by atoms with Gasteiger partial charge >= 0.3 is 0 Å². The molecular weight excluding hydrogens is 484 g/mol. The van der Waals surface area contributed by atoms with Crippen LogP contribution in [0.3, 0.4) is 0 Å². The highest BCUT2D eigenvalue weighted by molar-refractivity contribution is 6.23. The van der Waals surface area contributed by atoms with Gasteiger partial charge in [0.25, 0.3) is 11.8 Å². The van der Waals surface area contributed by atoms with Crippen molar-refractivity contribution in [2.24, 2.45) is 0 Å². The molecule has 196 valence electrons. The van der Waals surface area contributed by atoms with Gasteiger partial charge in [0.05, 0.1) is 28.9 Å². The Labute approximate surface area is 220 Å². The van der Waals surface area contributed by atoms with Crippen molar-refractivity contribution in [2.45, 2.75) is 57.9 Å². The normalized spacial score (nSPS) is 16.8. The number of hydrogen-bond acceptors (Lipinski definition) is 7. The van der Waals surface area contributed by atoms with Crippen molar-refractivity contribution in [1.29, 1.82) is 0 Å². The van der Waals surface area contributed by atoms with Gasteiger partial charge in [-0.1, -0.05) is 18.9 Å². The summed E-state index contributed by atoms with van der Waals surface area (Å²) in [5.41, 5.74) is 4.55. The third-order valence-corrected chi connectivity index (χ3v) is 6.98. The smallest absolute Gasteiger partial charge is 0.259 e. The van der Waals surface area contributed by atoms with Crippen molar-refractivity contribution < 1.29 is 19.2 Å². The first-order chi connectivity index (χ1) is 18.4. The Bertz CT molecular complexity index is 1410. The second-order valence-electron chi connectivity index (χ2n) is 9.73. The molecule has 10 heteroatoms. The third kappa shape index (κ3) is 5.34. The summed E-state index contributed by atoms with van der Waals surface area (Å²) in [6, 6.07) is 9.30. The second kappa shape index (κ2) is 11.0. The van der Waals surface area contributed by atoms with E-state index in [2.05, 4.69) is 26.0 Å². The van der Waals surface area contributed by atoms with Crippen molar-refractivity contribution in [2.75, 3.05) is 11.9 Å². The summed E-state index contributed by atoms with van der Waals surface area (Å²) in [7, 11) is 0. The number of benzene rings is 1. The van der Waals surface area contributed by atoms with Gasteiger partial charge in [0.2, 0.25) is 11.8 Å². The lowest BCUT2D eigenvalue weighted by atomic mass is 9.84. The number of pyridine rings is 1. The Morgan fingerprint density at radius 3 is 2.66 bits per heavy atom. The molecule has 1 saturated heterocycles. The molecule has 0 spiro atoms. The number of piperidine rings is 1. The largest absolute Gasteiger partial charge is 0.385 e. The lowest BCUT2D eigenvalue weighted by Crippen LogP contribution is -2.40. The van der Waals surface area contributed by atoms with Gasteiger partial charge in [-0.05, 0) is 50.5 Å². The maximum atomic E-state index is 12.6. The number of imide groups is 2. The van der Waals surface area contributed by atoms with E-state index in [1.165, 1.54) is 0 Å². The molecule has 0 saturated carbocycles. The van der Waals surface area contributed by atoms with Gasteiger partial charge in [0.1, 0.15) is 0 Å². The third-order valence-electron chi connectivity index (χ3n) is 6.98. The zero-order valence-electron chi connectivity index (χ0n) is 21.3. The molecule has 0 bridgehead atoms. The first kappa shape index (κ1) is 25.3. The maximum absolute atomic E-state index is 12.6. The number of nitrogens with zero attached hydrogens (tertiary/aromatic N) is 3. The molecule has 0 radical (unpaired) electrons. The molecule has 1 atom stereocenters. The van der Waals surface area contributed by atoms with Gasteiger partial charge in [0.15, 0.2) is 0 Å². The van der Waals surface area contributed by atoms with Gasteiger partial charge < -0.3 is 5.32 Å². The van der Waals surface area contributed by atoms with E-state index in [0.717, 1.165) is 49.2 Å². The maximum Gasteiger partial charge on any atom is 0.259 e. The molecule has 0 aliphatic carbocycles. The van der Waals surface area contributed by atoms with Crippen LogP contribution in [-0.2, 0) is 16.1 Å². The van der Waals surface area contributed by atoms with Gasteiger partial charge in [-0.15, -0.1) is 0 Å². The van der Waals surface area contributed by atoms with Crippen LogP contribution in [0.25, 0.3) is 11.3 Å². The molecule has 3 aromatic rings. The van der Waals surface area contributed by atoms with E-state index in [-0.39, 0.29) is 23.5 Å². The molecule has 2 aliphatic heterocycles. The fraction of sp³-hybridized carbons (Fsp3) is 0.357. The molecule has 4 heterocycles. The van der Waals surface area contributed by atoms with Gasteiger partial charge in [-0.25, -0.2) is 0 Å². The second-order valence-corrected chi connectivity index (χ2v) is 9.73. The van der Waals surface area contributed by atoms with E-state index in [4.69, 9.17) is 0 Å². The summed E-state index contributed by atoms with van der Waals surface area (Å²) in [5.74, 6) is -2.41. The van der Waals surface area contributed by atoms with Crippen LogP contribution in [-0.4, -0.2) is 44.9 Å². The van der Waals surface area contributed by atoms with Crippen LogP contribution < -0.4 is 16.0 Å². The zero-order chi connectivity index (χ0) is 26.6. The number of hydrogen-bond donors (Lipinski definition) is 3. The molecule has 1 aromatic carbocycles. The summed E-state index contributed by atoms with van der Waals surface area (Å²) in [6.07, 6.45) is 8.27. The topological polar surface area (TPSA) is 135 Å². The number of rotatable bonds is 10. The van der Waals surface area contributed by atoms with Crippen molar-refractivity contribution in [3.8, 4) is 11.3 Å². The summed E-state index contributed by atoms with van der Waals surface area (Å²) in [5, 5.41) is 12.5. The van der Waals surface area contributed by atoms with Crippen LogP contribution >= 0.6 is 0 Å². The fourth-order valence-corrected chi connectivity index (χ4v) is 5.07. The van der Waals surface area contributed by atoms with Gasteiger partial charge in [-0.3, -0.25) is 39.5 Å². The van der Waals surface area contributed by atoms with Crippen LogP contribution in [0.15, 0.2) is 42.7 Å². The highest BCUT2D eigenvalue weighted by Crippen LogP contribution is 2.37. The van der Waals surface area contributed by atoms with E-state index in [9.17, 15) is 19.2 Å². The number of carbonyl (C=O) groups is 4. The van der Waals surface area contributed by atoms with E-state index < -0.39 is 23.6 Å². The van der Waals surface area contributed by atoms with Gasteiger partial charge in [0, 0.05) is 48.2 Å². The molecule has 1 fully saturated rings. The highest BCUT2D eigenvalue weighted by atomic mass is 16.2. The molecule has 5 rings (SSSR count). The lowest BCUT2D eigenvalue weighted by molar-refractivity contribution is -0.134. The lowest BCUT2D eigenvalue weighted by Gasteiger charge is -2.25. The minimum Gasteiger partial charge on any atom is -0.385 e. The van der Waals surface area contributed by atoms with Crippen LogP contribution in [0, 0.1) is 6.92 Å². The standard InChI is InChI=1S/C28H30N6O4/c1-17-7-6-8-21(31-17)18-15-30-34(16-18)14-5-3-2-4-13-29-22-11-9-20-25(28(38)33-27(20)37)24(22)19-10-12-23(35)32-26(19)36/h6-9,11,15-16,19,29H,2-5,10,12-14H2,1H3,(H,32,35,36)(H,33,37,38). The van der Waals surface area contributed by atoms with Crippen molar-refractivity contribution in [3.63, 3.8) is 0 Å². The summed E-state index contributed by atoms with van der Waals surface area (Å²) < 4.78 is 1.95. The van der Waals surface area contributed by atoms with Crippen molar-refractivity contribution in [3.05, 3.63) is 65.1 Å². The Morgan fingerprint density at radius 1 is 1.00 bits per heavy atom. The quantitative estimate of drug-likeness (QED) is 0.279. The summed E-state index contributed by atoms with van der Waals surface area (Å²) >= 11 is 0. The average Bonchev–Trinajstić information content (AvgIpc) is 3.48. The SMILES string of the molecule is Cc1cccc(-c2cnn(CCCCCCNc3ccc4c(c3C3CCC(=O)NC3=O)C(=O)NC4=O)c2)n1. The molecular formula is C28H30N6O4. The predicted octanol–water partition coefficient (Wildman–Crippen LogP) is 3.33. The molecule has 2 aliphatic rings. The number of anilines is 1. The van der Waals surface area contributed by atoms with E-state index in [1.54, 1.807) is 12.1 Å². The van der Waals surface area contributed by atoms with Crippen LogP contribution in [0.2, 0.25) is 0 Å². The van der Waals surface area contributed by atoms with E-state index >= 15 is 0 Å². The molecule has 3 N–H and O–H groups in total. The first-order valence-electron chi connectivity index (χ1n) is 13.0. The van der Waals surface area contributed by atoms with Gasteiger partial charge in [-0.2, -0.15) is 5.10 Å². The number of carbonyl (C=O) groups excluding carboxylic acids is 4. The fourth-order valence-electron chi connectivity index (χ4n) is 5.07.